The zero-order valence-electron chi connectivity index (χ0n) is 23.0. The summed E-state index contributed by atoms with van der Waals surface area (Å²) < 4.78 is 17.6. The molecule has 4 aromatic rings. The Labute approximate surface area is 237 Å². The molecule has 1 aromatic heterocycles. The molecule has 0 spiro atoms. The lowest BCUT2D eigenvalue weighted by Gasteiger charge is -2.15. The molecule has 0 saturated carbocycles. The lowest BCUT2D eigenvalue weighted by Crippen LogP contribution is -2.25. The van der Waals surface area contributed by atoms with Gasteiger partial charge in [0.25, 0.3) is 5.91 Å². The van der Waals surface area contributed by atoms with Crippen LogP contribution in [0.15, 0.2) is 65.8 Å². The predicted octanol–water partition coefficient (Wildman–Crippen LogP) is 4.57. The van der Waals surface area contributed by atoms with E-state index >= 15 is 0 Å². The average molecular weight is 562 g/mol. The Hall–Kier alpha value is -4.51. The summed E-state index contributed by atoms with van der Waals surface area (Å²) in [5.41, 5.74) is 4.06. The van der Waals surface area contributed by atoms with E-state index in [0.717, 1.165) is 16.8 Å². The number of hydrogen-bond acceptors (Lipinski definition) is 8. The SMILES string of the molecule is COc1ccc(NC(=O)CSc2nnc(CNC(=O)c3cc(OC)cc(OC)c3)n2-c2cccc(C)c2C)cc1. The van der Waals surface area contributed by atoms with Crippen LogP contribution in [-0.2, 0) is 11.3 Å². The first kappa shape index (κ1) is 28.5. The van der Waals surface area contributed by atoms with Crippen molar-refractivity contribution in [3.8, 4) is 22.9 Å². The lowest BCUT2D eigenvalue weighted by molar-refractivity contribution is -0.113. The predicted molar refractivity (Wildman–Crippen MR) is 154 cm³/mol. The molecular formula is C29H31N5O5S. The molecule has 0 bridgehead atoms. The second-order valence-corrected chi connectivity index (χ2v) is 9.75. The van der Waals surface area contributed by atoms with Crippen molar-refractivity contribution < 1.29 is 23.8 Å². The minimum Gasteiger partial charge on any atom is -0.497 e. The molecule has 2 amide bonds. The van der Waals surface area contributed by atoms with Crippen LogP contribution in [0.4, 0.5) is 5.69 Å². The van der Waals surface area contributed by atoms with Crippen molar-refractivity contribution in [1.82, 2.24) is 20.1 Å². The van der Waals surface area contributed by atoms with E-state index in [2.05, 4.69) is 20.8 Å². The third-order valence-electron chi connectivity index (χ3n) is 6.24. The summed E-state index contributed by atoms with van der Waals surface area (Å²) >= 11 is 1.26. The van der Waals surface area contributed by atoms with Crippen molar-refractivity contribution in [2.45, 2.75) is 25.5 Å². The Morgan fingerprint density at radius 3 is 2.20 bits per heavy atom. The van der Waals surface area contributed by atoms with E-state index in [1.807, 2.05) is 36.6 Å². The first-order valence-corrected chi connectivity index (χ1v) is 13.4. The number of amides is 2. The van der Waals surface area contributed by atoms with E-state index in [4.69, 9.17) is 14.2 Å². The van der Waals surface area contributed by atoms with E-state index in [1.54, 1.807) is 49.6 Å². The summed E-state index contributed by atoms with van der Waals surface area (Å²) in [6.07, 6.45) is 0. The maximum absolute atomic E-state index is 13.0. The molecule has 11 heteroatoms. The molecular weight excluding hydrogens is 530 g/mol. The quantitative estimate of drug-likeness (QED) is 0.256. The molecule has 4 rings (SSSR count). The van der Waals surface area contributed by atoms with Gasteiger partial charge < -0.3 is 24.8 Å². The Bertz CT molecular complexity index is 1480. The van der Waals surface area contributed by atoms with E-state index in [9.17, 15) is 9.59 Å². The fraction of sp³-hybridized carbons (Fsp3) is 0.241. The maximum atomic E-state index is 13.0. The molecule has 2 N–H and O–H groups in total. The van der Waals surface area contributed by atoms with Gasteiger partial charge in [-0.1, -0.05) is 23.9 Å². The minimum absolute atomic E-state index is 0.108. The van der Waals surface area contributed by atoms with Crippen molar-refractivity contribution >= 4 is 29.3 Å². The molecule has 3 aromatic carbocycles. The summed E-state index contributed by atoms with van der Waals surface area (Å²) in [4.78, 5) is 25.7. The highest BCUT2D eigenvalue weighted by molar-refractivity contribution is 7.99. The number of benzene rings is 3. The third kappa shape index (κ3) is 6.73. The van der Waals surface area contributed by atoms with E-state index in [-0.39, 0.29) is 24.1 Å². The Morgan fingerprint density at radius 1 is 0.875 bits per heavy atom. The number of anilines is 1. The number of ether oxygens (including phenoxy) is 3. The zero-order valence-corrected chi connectivity index (χ0v) is 23.8. The highest BCUT2D eigenvalue weighted by Crippen LogP contribution is 2.27. The molecule has 0 aliphatic heterocycles. The van der Waals surface area contributed by atoms with Gasteiger partial charge in [-0.05, 0) is 67.4 Å². The largest absolute Gasteiger partial charge is 0.497 e. The Kier molecular flexibility index (Phi) is 9.28. The number of nitrogens with one attached hydrogen (secondary N) is 2. The van der Waals surface area contributed by atoms with Crippen molar-refractivity contribution in [2.24, 2.45) is 0 Å². The van der Waals surface area contributed by atoms with Gasteiger partial charge in [-0.25, -0.2) is 0 Å². The van der Waals surface area contributed by atoms with Crippen LogP contribution in [0, 0.1) is 13.8 Å². The number of carbonyl (C=O) groups excluding carboxylic acids is 2. The molecule has 208 valence electrons. The van der Waals surface area contributed by atoms with Crippen LogP contribution in [0.2, 0.25) is 0 Å². The molecule has 1 heterocycles. The smallest absolute Gasteiger partial charge is 0.251 e. The third-order valence-corrected chi connectivity index (χ3v) is 7.17. The summed E-state index contributed by atoms with van der Waals surface area (Å²) in [7, 11) is 4.64. The van der Waals surface area contributed by atoms with Gasteiger partial charge in [-0.3, -0.25) is 14.2 Å². The molecule has 0 aliphatic rings. The van der Waals surface area contributed by atoms with Crippen molar-refractivity contribution in [1.29, 1.82) is 0 Å². The molecule has 0 saturated heterocycles. The number of aryl methyl sites for hydroxylation is 1. The summed E-state index contributed by atoms with van der Waals surface area (Å²) in [5, 5.41) is 15.0. The molecule has 40 heavy (non-hydrogen) atoms. The number of thioether (sulfide) groups is 1. The van der Waals surface area contributed by atoms with Gasteiger partial charge >= 0.3 is 0 Å². The normalized spacial score (nSPS) is 10.6. The van der Waals surface area contributed by atoms with Crippen LogP contribution in [0.5, 0.6) is 17.2 Å². The van der Waals surface area contributed by atoms with Crippen molar-refractivity contribution in [3.05, 3.63) is 83.2 Å². The monoisotopic (exact) mass is 561 g/mol. The summed E-state index contributed by atoms with van der Waals surface area (Å²) in [6, 6.07) is 18.0. The van der Waals surface area contributed by atoms with Crippen LogP contribution in [0.25, 0.3) is 5.69 Å². The van der Waals surface area contributed by atoms with Crippen LogP contribution in [0.3, 0.4) is 0 Å². The Morgan fingerprint density at radius 2 is 1.55 bits per heavy atom. The van der Waals surface area contributed by atoms with Gasteiger partial charge in [0.15, 0.2) is 11.0 Å². The van der Waals surface area contributed by atoms with E-state index in [1.165, 1.54) is 26.0 Å². The van der Waals surface area contributed by atoms with Crippen molar-refractivity contribution in [3.63, 3.8) is 0 Å². The number of hydrogen-bond donors (Lipinski definition) is 2. The summed E-state index contributed by atoms with van der Waals surface area (Å²) in [6.45, 7) is 4.15. The van der Waals surface area contributed by atoms with Gasteiger partial charge in [0.2, 0.25) is 5.91 Å². The molecule has 0 atom stereocenters. The van der Waals surface area contributed by atoms with Crippen LogP contribution in [-0.4, -0.2) is 53.7 Å². The second kappa shape index (κ2) is 13.0. The first-order valence-electron chi connectivity index (χ1n) is 12.4. The molecule has 0 radical (unpaired) electrons. The lowest BCUT2D eigenvalue weighted by atomic mass is 10.1. The van der Waals surface area contributed by atoms with E-state index in [0.29, 0.717) is 39.5 Å². The highest BCUT2D eigenvalue weighted by atomic mass is 32.2. The minimum atomic E-state index is -0.319. The maximum Gasteiger partial charge on any atom is 0.251 e. The average Bonchev–Trinajstić information content (AvgIpc) is 3.38. The zero-order chi connectivity index (χ0) is 28.6. The van der Waals surface area contributed by atoms with Gasteiger partial charge in [0.05, 0.1) is 39.3 Å². The van der Waals surface area contributed by atoms with Gasteiger partial charge in [-0.15, -0.1) is 10.2 Å². The molecule has 0 aliphatic carbocycles. The first-order chi connectivity index (χ1) is 19.3. The number of aromatic nitrogens is 3. The molecule has 10 nitrogen and oxygen atoms in total. The highest BCUT2D eigenvalue weighted by Gasteiger charge is 2.19. The number of methoxy groups -OCH3 is 3. The second-order valence-electron chi connectivity index (χ2n) is 8.80. The van der Waals surface area contributed by atoms with Gasteiger partial charge in [-0.2, -0.15) is 0 Å². The topological polar surface area (TPSA) is 117 Å². The van der Waals surface area contributed by atoms with Crippen LogP contribution < -0.4 is 24.8 Å². The standard InChI is InChI=1S/C29H31N5O5S/c1-18-7-6-8-25(19(18)2)34-26(16-30-28(36)20-13-23(38-4)15-24(14-20)39-5)32-33-29(34)40-17-27(35)31-21-9-11-22(37-3)12-10-21/h6-15H,16-17H2,1-5H3,(H,30,36)(H,31,35). The Balaban J connectivity index is 1.54. The van der Waals surface area contributed by atoms with Crippen molar-refractivity contribution in [2.75, 3.05) is 32.4 Å². The number of rotatable bonds is 11. The van der Waals surface area contributed by atoms with E-state index < -0.39 is 0 Å². The van der Waals surface area contributed by atoms with Gasteiger partial charge in [0.1, 0.15) is 17.2 Å². The van der Waals surface area contributed by atoms with Crippen LogP contribution >= 0.6 is 11.8 Å². The molecule has 0 fully saturated rings. The number of carbonyl (C=O) groups is 2. The molecule has 0 unspecified atom stereocenters. The fourth-order valence-corrected chi connectivity index (χ4v) is 4.69. The number of nitrogens with zero attached hydrogens (tertiary/aromatic N) is 3. The van der Waals surface area contributed by atoms with Gasteiger partial charge in [0, 0.05) is 17.3 Å². The summed E-state index contributed by atoms with van der Waals surface area (Å²) in [5.74, 6) is 1.86. The van der Waals surface area contributed by atoms with Crippen LogP contribution in [0.1, 0.15) is 27.3 Å². The fourth-order valence-electron chi connectivity index (χ4n) is 3.93.